The molecule has 1 aliphatic carbocycles. The van der Waals surface area contributed by atoms with Gasteiger partial charge in [0.25, 0.3) is 5.89 Å². The second kappa shape index (κ2) is 8.12. The van der Waals surface area contributed by atoms with Crippen LogP contribution >= 0.6 is 0 Å². The average molecular weight is 444 g/mol. The number of hydrogen-bond acceptors (Lipinski definition) is 8. The molecule has 3 N–H and O–H groups in total. The summed E-state index contributed by atoms with van der Waals surface area (Å²) in [6, 6.07) is 8.30. The monoisotopic (exact) mass is 444 g/mol. The summed E-state index contributed by atoms with van der Waals surface area (Å²) in [4.78, 5) is 24.5. The Morgan fingerprint density at radius 1 is 1.15 bits per heavy atom. The van der Waals surface area contributed by atoms with E-state index in [1.54, 1.807) is 31.8 Å². The summed E-state index contributed by atoms with van der Waals surface area (Å²) in [5, 5.41) is 11.1. The quantitative estimate of drug-likeness (QED) is 0.443. The Kier molecular flexibility index (Phi) is 5.12. The number of benzene rings is 1. The highest BCUT2D eigenvalue weighted by Gasteiger charge is 2.47. The first-order valence-corrected chi connectivity index (χ1v) is 10.7. The van der Waals surface area contributed by atoms with Crippen molar-refractivity contribution < 1.29 is 9.32 Å². The first-order chi connectivity index (χ1) is 16.0. The van der Waals surface area contributed by atoms with Gasteiger partial charge in [-0.05, 0) is 36.8 Å². The van der Waals surface area contributed by atoms with Gasteiger partial charge in [0.1, 0.15) is 6.54 Å². The number of nitrogens with zero attached hydrogens (tertiary/aromatic N) is 6. The van der Waals surface area contributed by atoms with Gasteiger partial charge < -0.3 is 15.6 Å². The molecule has 168 valence electrons. The summed E-state index contributed by atoms with van der Waals surface area (Å²) in [5.41, 5.74) is 8.92. The van der Waals surface area contributed by atoms with E-state index in [0.29, 0.717) is 23.2 Å². The summed E-state index contributed by atoms with van der Waals surface area (Å²) in [5.74, 6) is 1.58. The zero-order chi connectivity index (χ0) is 23.0. The summed E-state index contributed by atoms with van der Waals surface area (Å²) >= 11 is 0. The van der Waals surface area contributed by atoms with Crippen LogP contribution in [-0.4, -0.2) is 42.8 Å². The molecular weight excluding hydrogens is 420 g/mol. The van der Waals surface area contributed by atoms with Crippen molar-refractivity contribution in [3.05, 3.63) is 60.4 Å². The van der Waals surface area contributed by atoms with Crippen LogP contribution in [0.15, 0.2) is 53.6 Å². The number of nitrogens with one attached hydrogen (secondary N) is 1. The second-order valence-corrected chi connectivity index (χ2v) is 8.41. The number of nitrogens with two attached hydrogens (primary N) is 1. The highest BCUT2D eigenvalue weighted by molar-refractivity contribution is 5.75. The Morgan fingerprint density at radius 3 is 2.55 bits per heavy atom. The number of anilines is 1. The highest BCUT2D eigenvalue weighted by Crippen LogP contribution is 2.50. The van der Waals surface area contributed by atoms with Gasteiger partial charge in [-0.2, -0.15) is 10.1 Å². The largest absolute Gasteiger partial charge is 0.368 e. The molecule has 0 saturated heterocycles. The second-order valence-electron chi connectivity index (χ2n) is 8.41. The lowest BCUT2D eigenvalue weighted by Gasteiger charge is -2.27. The van der Waals surface area contributed by atoms with Crippen molar-refractivity contribution in [1.82, 2.24) is 35.2 Å². The topological polar surface area (TPSA) is 138 Å². The van der Waals surface area contributed by atoms with E-state index in [0.717, 1.165) is 29.5 Å². The predicted molar refractivity (Wildman–Crippen MR) is 121 cm³/mol. The van der Waals surface area contributed by atoms with Crippen molar-refractivity contribution in [1.29, 1.82) is 0 Å². The van der Waals surface area contributed by atoms with Crippen molar-refractivity contribution >= 4 is 11.9 Å². The van der Waals surface area contributed by atoms with Crippen molar-refractivity contribution in [2.45, 2.75) is 31.7 Å². The summed E-state index contributed by atoms with van der Waals surface area (Å²) in [6.07, 6.45) is 9.00. The molecule has 1 aromatic carbocycles. The predicted octanol–water partition coefficient (Wildman–Crippen LogP) is 2.43. The Hall–Kier alpha value is -4.08. The first kappa shape index (κ1) is 20.8. The van der Waals surface area contributed by atoms with Crippen LogP contribution in [0.25, 0.3) is 22.6 Å². The van der Waals surface area contributed by atoms with Gasteiger partial charge in [0.15, 0.2) is 5.82 Å². The molecule has 3 heterocycles. The smallest absolute Gasteiger partial charge is 0.261 e. The van der Waals surface area contributed by atoms with E-state index < -0.39 is 0 Å². The molecule has 3 aromatic heterocycles. The zero-order valence-electron chi connectivity index (χ0n) is 18.4. The highest BCUT2D eigenvalue weighted by atomic mass is 16.5. The van der Waals surface area contributed by atoms with Crippen LogP contribution in [0.2, 0.25) is 0 Å². The molecule has 10 nitrogen and oxygen atoms in total. The third kappa shape index (κ3) is 3.95. The molecule has 1 aliphatic rings. The number of nitrogen functional groups attached to an aromatic ring is 1. The number of rotatable bonds is 7. The van der Waals surface area contributed by atoms with Crippen LogP contribution in [0.5, 0.6) is 0 Å². The fourth-order valence-corrected chi connectivity index (χ4v) is 4.04. The van der Waals surface area contributed by atoms with Crippen molar-refractivity contribution in [2.24, 2.45) is 5.92 Å². The molecule has 33 heavy (non-hydrogen) atoms. The van der Waals surface area contributed by atoms with E-state index in [1.165, 1.54) is 4.68 Å². The number of amides is 1. The minimum Gasteiger partial charge on any atom is -0.368 e. The summed E-state index contributed by atoms with van der Waals surface area (Å²) in [6.45, 7) is 2.29. The van der Waals surface area contributed by atoms with E-state index >= 15 is 0 Å². The van der Waals surface area contributed by atoms with Gasteiger partial charge >= 0.3 is 0 Å². The molecule has 0 aliphatic heterocycles. The SMILES string of the molecule is CNC(=O)Cn1cc(-c2nc(C(C)(c3ccc(-c4cnc(N)nc4)cc3)C3CC3)no2)cn1. The lowest BCUT2D eigenvalue weighted by molar-refractivity contribution is -0.121. The fourth-order valence-electron chi connectivity index (χ4n) is 4.04. The van der Waals surface area contributed by atoms with E-state index in [2.05, 4.69) is 56.7 Å². The maximum Gasteiger partial charge on any atom is 0.261 e. The first-order valence-electron chi connectivity index (χ1n) is 10.7. The molecule has 1 unspecified atom stereocenters. The Labute approximate surface area is 190 Å². The van der Waals surface area contributed by atoms with Gasteiger partial charge in [-0.25, -0.2) is 9.97 Å². The van der Waals surface area contributed by atoms with Crippen LogP contribution in [0.4, 0.5) is 5.95 Å². The van der Waals surface area contributed by atoms with Crippen LogP contribution in [-0.2, 0) is 16.8 Å². The molecule has 10 heteroatoms. The van der Waals surface area contributed by atoms with Crippen LogP contribution in [0.3, 0.4) is 0 Å². The van der Waals surface area contributed by atoms with Crippen molar-refractivity contribution in [3.63, 3.8) is 0 Å². The van der Waals surface area contributed by atoms with E-state index in [-0.39, 0.29) is 23.8 Å². The third-order valence-electron chi connectivity index (χ3n) is 6.24. The van der Waals surface area contributed by atoms with Crippen LogP contribution < -0.4 is 11.1 Å². The molecule has 1 atom stereocenters. The van der Waals surface area contributed by atoms with Gasteiger partial charge in [-0.1, -0.05) is 29.4 Å². The van der Waals surface area contributed by atoms with Gasteiger partial charge in [0, 0.05) is 31.2 Å². The molecule has 1 amide bonds. The number of carbonyl (C=O) groups is 1. The van der Waals surface area contributed by atoms with Gasteiger partial charge in [-0.3, -0.25) is 9.48 Å². The molecule has 4 aromatic rings. The average Bonchev–Trinajstić information content (AvgIpc) is 3.40. The number of carbonyl (C=O) groups excluding carboxylic acids is 1. The van der Waals surface area contributed by atoms with Crippen LogP contribution in [0, 0.1) is 5.92 Å². The Morgan fingerprint density at radius 2 is 1.88 bits per heavy atom. The minimum atomic E-state index is -0.379. The van der Waals surface area contributed by atoms with E-state index in [4.69, 9.17) is 15.2 Å². The molecular formula is C23H24N8O2. The Bertz CT molecular complexity index is 1270. The maximum absolute atomic E-state index is 11.6. The third-order valence-corrected chi connectivity index (χ3v) is 6.24. The molecule has 1 saturated carbocycles. The molecule has 0 spiro atoms. The van der Waals surface area contributed by atoms with E-state index in [1.807, 2.05) is 0 Å². The Balaban J connectivity index is 1.43. The van der Waals surface area contributed by atoms with Crippen LogP contribution in [0.1, 0.15) is 31.2 Å². The normalized spacial score (nSPS) is 15.2. The molecule has 1 fully saturated rings. The molecule has 0 bridgehead atoms. The van der Waals surface area contributed by atoms with Crippen molar-refractivity contribution in [2.75, 3.05) is 12.8 Å². The summed E-state index contributed by atoms with van der Waals surface area (Å²) in [7, 11) is 1.59. The maximum atomic E-state index is 11.6. The fraction of sp³-hybridized carbons (Fsp3) is 0.304. The lowest BCUT2D eigenvalue weighted by Crippen LogP contribution is -2.28. The minimum absolute atomic E-state index is 0.128. The number of hydrogen-bond donors (Lipinski definition) is 2. The van der Waals surface area contributed by atoms with Gasteiger partial charge in [0.2, 0.25) is 11.9 Å². The summed E-state index contributed by atoms with van der Waals surface area (Å²) < 4.78 is 7.14. The van der Waals surface area contributed by atoms with Gasteiger partial charge in [0.05, 0.1) is 17.2 Å². The zero-order valence-corrected chi connectivity index (χ0v) is 18.4. The molecule has 5 rings (SSSR count). The lowest BCUT2D eigenvalue weighted by atomic mass is 9.77. The number of likely N-dealkylation sites (N-methyl/N-ethyl adjacent to an activating group) is 1. The molecule has 0 radical (unpaired) electrons. The standard InChI is InChI=1S/C23H24N8O2/c1-23(18-7-8-18,17-5-3-14(4-6-17)15-9-26-22(24)27-10-15)21-29-20(33-30-21)16-11-28-31(12-16)13-19(32)25-2/h3-6,9-12,18H,7-8,13H2,1-2H3,(H,25,32)(H2,24,26,27). The van der Waals surface area contributed by atoms with Gasteiger partial charge in [-0.15, -0.1) is 0 Å². The van der Waals surface area contributed by atoms with E-state index in [9.17, 15) is 4.79 Å². The number of aromatic nitrogens is 6. The van der Waals surface area contributed by atoms with Crippen molar-refractivity contribution in [3.8, 4) is 22.6 Å².